The highest BCUT2D eigenvalue weighted by atomic mass is 32.2. The molecule has 1 heterocycles. The molecular weight excluding hydrogens is 242 g/mol. The molecule has 0 aromatic carbocycles. The first-order valence-corrected chi connectivity index (χ1v) is 4.79. The number of alkyl halides is 6. The Bertz CT molecular complexity index is 319. The summed E-state index contributed by atoms with van der Waals surface area (Å²) in [6.45, 7) is 1.16. The van der Waals surface area contributed by atoms with Gasteiger partial charge in [0, 0.05) is 11.3 Å². The fraction of sp³-hybridized carbons (Fsp3) is 0.500. The first kappa shape index (κ1) is 12.5. The fourth-order valence-electron chi connectivity index (χ4n) is 1.03. The third-order valence-corrected chi connectivity index (χ3v) is 2.92. The summed E-state index contributed by atoms with van der Waals surface area (Å²) in [6.07, 6.45) is -9.23. The van der Waals surface area contributed by atoms with E-state index in [-0.39, 0.29) is 11.0 Å². The van der Waals surface area contributed by atoms with Crippen LogP contribution < -0.4 is 0 Å². The van der Waals surface area contributed by atoms with Gasteiger partial charge in [-0.15, -0.1) is 11.8 Å². The Morgan fingerprint density at radius 3 is 2.00 bits per heavy atom. The van der Waals surface area contributed by atoms with Crippen LogP contribution in [0, 0.1) is 0 Å². The summed E-state index contributed by atoms with van der Waals surface area (Å²) >= 11 is 0.559. The van der Waals surface area contributed by atoms with E-state index >= 15 is 0 Å². The Hall–Kier alpha value is -0.590. The minimum atomic E-state index is -4.73. The van der Waals surface area contributed by atoms with Gasteiger partial charge in [-0.25, -0.2) is 0 Å². The van der Waals surface area contributed by atoms with Crippen LogP contribution in [-0.2, 0) is 0 Å². The van der Waals surface area contributed by atoms with Gasteiger partial charge in [-0.2, -0.15) is 26.3 Å². The van der Waals surface area contributed by atoms with Gasteiger partial charge in [0.1, 0.15) is 0 Å². The van der Waals surface area contributed by atoms with Crippen molar-refractivity contribution >= 4 is 11.8 Å². The minimum absolute atomic E-state index is 0.129. The molecule has 0 unspecified atom stereocenters. The zero-order valence-electron chi connectivity index (χ0n) is 7.46. The molecule has 0 bridgehead atoms. The van der Waals surface area contributed by atoms with E-state index in [1.165, 1.54) is 0 Å². The van der Waals surface area contributed by atoms with Crippen LogP contribution in [0.5, 0.6) is 0 Å². The first-order chi connectivity index (χ1) is 6.62. The van der Waals surface area contributed by atoms with Crippen LogP contribution in [-0.4, -0.2) is 18.1 Å². The molecule has 15 heavy (non-hydrogen) atoms. The minimum Gasteiger partial charge on any atom is -0.166 e. The maximum atomic E-state index is 12.3. The second-order valence-electron chi connectivity index (χ2n) is 2.92. The zero-order valence-corrected chi connectivity index (χ0v) is 8.28. The lowest BCUT2D eigenvalue weighted by Gasteiger charge is -2.20. The van der Waals surface area contributed by atoms with Gasteiger partial charge in [0.2, 0.25) is 0 Å². The third-order valence-electron chi connectivity index (χ3n) is 1.81. The molecule has 0 aromatic rings. The highest BCUT2D eigenvalue weighted by Gasteiger charge is 2.41. The number of halogens is 6. The smallest absolute Gasteiger partial charge is 0.166 e. The van der Waals surface area contributed by atoms with Gasteiger partial charge in [-0.3, -0.25) is 0 Å². The maximum absolute atomic E-state index is 12.3. The molecule has 0 fully saturated rings. The molecule has 0 spiro atoms. The van der Waals surface area contributed by atoms with Crippen LogP contribution in [0.1, 0.15) is 6.92 Å². The van der Waals surface area contributed by atoms with Crippen LogP contribution in [0.3, 0.4) is 0 Å². The second-order valence-corrected chi connectivity index (χ2v) is 4.11. The van der Waals surface area contributed by atoms with Gasteiger partial charge in [0.15, 0.2) is 0 Å². The van der Waals surface area contributed by atoms with Gasteiger partial charge >= 0.3 is 12.4 Å². The molecule has 0 saturated carbocycles. The van der Waals surface area contributed by atoms with Crippen molar-refractivity contribution in [2.75, 3.05) is 5.75 Å². The second kappa shape index (κ2) is 3.77. The van der Waals surface area contributed by atoms with Crippen molar-refractivity contribution in [2.45, 2.75) is 19.3 Å². The average molecular weight is 248 g/mol. The lowest BCUT2D eigenvalue weighted by molar-refractivity contribution is -0.0955. The van der Waals surface area contributed by atoms with Crippen molar-refractivity contribution in [3.63, 3.8) is 0 Å². The van der Waals surface area contributed by atoms with Crippen molar-refractivity contribution in [3.8, 4) is 0 Å². The average Bonchev–Trinajstić information content (AvgIpc) is 2.00. The summed E-state index contributed by atoms with van der Waals surface area (Å²) in [7, 11) is 0. The Morgan fingerprint density at radius 2 is 1.60 bits per heavy atom. The largest absolute Gasteiger partial charge is 0.417 e. The van der Waals surface area contributed by atoms with E-state index in [4.69, 9.17) is 0 Å². The van der Waals surface area contributed by atoms with E-state index < -0.39 is 29.3 Å². The summed E-state index contributed by atoms with van der Waals surface area (Å²) in [5, 5.41) is 0. The van der Waals surface area contributed by atoms with Crippen LogP contribution in [0.4, 0.5) is 26.3 Å². The molecule has 7 heteroatoms. The highest BCUT2D eigenvalue weighted by molar-refractivity contribution is 8.03. The molecular formula is C8H6F6S. The molecule has 0 atom stereocenters. The van der Waals surface area contributed by atoms with Crippen LogP contribution in [0.15, 0.2) is 22.1 Å². The fourth-order valence-corrected chi connectivity index (χ4v) is 1.98. The van der Waals surface area contributed by atoms with Crippen molar-refractivity contribution < 1.29 is 26.3 Å². The number of hydrogen-bond donors (Lipinski definition) is 0. The molecule has 0 nitrogen and oxygen atoms in total. The molecule has 86 valence electrons. The number of allylic oxidation sites excluding steroid dienone is 3. The first-order valence-electron chi connectivity index (χ1n) is 3.81. The van der Waals surface area contributed by atoms with Crippen molar-refractivity contribution in [1.29, 1.82) is 0 Å². The predicted molar refractivity (Wildman–Crippen MR) is 45.4 cm³/mol. The Labute approximate surface area is 86.0 Å². The van der Waals surface area contributed by atoms with Crippen molar-refractivity contribution in [3.05, 3.63) is 22.1 Å². The van der Waals surface area contributed by atoms with Crippen LogP contribution in [0.25, 0.3) is 0 Å². The summed E-state index contributed by atoms with van der Waals surface area (Å²) in [5.74, 6) is -0.463. The maximum Gasteiger partial charge on any atom is 0.417 e. The van der Waals surface area contributed by atoms with Gasteiger partial charge in [-0.05, 0) is 17.9 Å². The molecule has 0 N–H and O–H groups in total. The molecule has 1 aliphatic heterocycles. The lowest BCUT2D eigenvalue weighted by Crippen LogP contribution is -2.21. The molecule has 1 rings (SSSR count). The zero-order chi connectivity index (χ0) is 11.9. The standard InChI is InChI=1S/C8H6F6S/c1-4-6(8(12,13)14)2-5(3-15-4)7(9,10)11/h2H,3H2,1H3. The molecule has 0 aliphatic carbocycles. The van der Waals surface area contributed by atoms with Gasteiger partial charge in [0.25, 0.3) is 0 Å². The normalized spacial score (nSPS) is 19.3. The Morgan fingerprint density at radius 1 is 1.07 bits per heavy atom. The number of rotatable bonds is 0. The SMILES string of the molecule is CC1=C(C(F)(F)F)C=C(C(F)(F)F)CS1. The van der Waals surface area contributed by atoms with E-state index in [1.807, 2.05) is 0 Å². The quantitative estimate of drug-likeness (QED) is 0.582. The number of hydrogen-bond acceptors (Lipinski definition) is 1. The lowest BCUT2D eigenvalue weighted by atomic mass is 10.1. The summed E-state index contributed by atoms with van der Waals surface area (Å²) < 4.78 is 73.3. The monoisotopic (exact) mass is 248 g/mol. The summed E-state index contributed by atoms with van der Waals surface area (Å²) in [4.78, 5) is -0.129. The predicted octanol–water partition coefficient (Wildman–Crippen LogP) is 4.06. The number of thioether (sulfide) groups is 1. The van der Waals surface area contributed by atoms with Crippen molar-refractivity contribution in [2.24, 2.45) is 0 Å². The summed E-state index contributed by atoms with van der Waals surface area (Å²) in [5.41, 5.74) is -2.35. The Kier molecular flexibility index (Phi) is 3.14. The van der Waals surface area contributed by atoms with Crippen LogP contribution in [0.2, 0.25) is 0 Å². The van der Waals surface area contributed by atoms with Gasteiger partial charge in [0.05, 0.1) is 5.57 Å². The van der Waals surface area contributed by atoms with E-state index in [1.54, 1.807) is 0 Å². The van der Waals surface area contributed by atoms with Crippen LogP contribution >= 0.6 is 11.8 Å². The van der Waals surface area contributed by atoms with E-state index in [9.17, 15) is 26.3 Å². The van der Waals surface area contributed by atoms with E-state index in [0.29, 0.717) is 11.8 Å². The molecule has 0 amide bonds. The van der Waals surface area contributed by atoms with Gasteiger partial charge in [-0.1, -0.05) is 0 Å². The highest BCUT2D eigenvalue weighted by Crippen LogP contribution is 2.42. The molecule has 0 aromatic heterocycles. The Balaban J connectivity index is 3.11. The molecule has 1 aliphatic rings. The van der Waals surface area contributed by atoms with Crippen molar-refractivity contribution in [1.82, 2.24) is 0 Å². The summed E-state index contributed by atoms with van der Waals surface area (Å²) in [6, 6.07) is 0. The third kappa shape index (κ3) is 2.93. The van der Waals surface area contributed by atoms with E-state index in [0.717, 1.165) is 6.92 Å². The molecule has 0 saturated heterocycles. The topological polar surface area (TPSA) is 0 Å². The van der Waals surface area contributed by atoms with Gasteiger partial charge < -0.3 is 0 Å². The van der Waals surface area contributed by atoms with E-state index in [2.05, 4.69) is 0 Å². The molecule has 0 radical (unpaired) electrons.